The van der Waals surface area contributed by atoms with Gasteiger partial charge in [-0.15, -0.1) is 0 Å². The van der Waals surface area contributed by atoms with Crippen LogP contribution in [-0.2, 0) is 10.0 Å². The number of methoxy groups -OCH3 is 1. The third-order valence-electron chi connectivity index (χ3n) is 8.04. The van der Waals surface area contributed by atoms with Crippen molar-refractivity contribution in [3.05, 3.63) is 48.0 Å². The summed E-state index contributed by atoms with van der Waals surface area (Å²) in [7, 11) is -0.860. The number of aliphatic hydroxyl groups is 1. The van der Waals surface area contributed by atoms with Crippen LogP contribution in [0.25, 0.3) is 0 Å². The average molecular weight is 603 g/mol. The summed E-state index contributed by atoms with van der Waals surface area (Å²) >= 11 is 0. The highest BCUT2D eigenvalue weighted by Crippen LogP contribution is 2.36. The molecule has 0 spiro atoms. The lowest BCUT2D eigenvalue weighted by Gasteiger charge is -2.38. The number of nitrogens with zero attached hydrogens (tertiary/aromatic N) is 2. The van der Waals surface area contributed by atoms with Gasteiger partial charge in [-0.05, 0) is 56.2 Å². The van der Waals surface area contributed by atoms with Crippen LogP contribution >= 0.6 is 0 Å². The number of hydrogen-bond acceptors (Lipinski definition) is 7. The minimum absolute atomic E-state index is 0.0117. The first-order valence-electron chi connectivity index (χ1n) is 14.4. The number of amides is 3. The molecule has 42 heavy (non-hydrogen) atoms. The second-order valence-corrected chi connectivity index (χ2v) is 12.9. The Morgan fingerprint density at radius 2 is 1.86 bits per heavy atom. The summed E-state index contributed by atoms with van der Waals surface area (Å²) in [5.41, 5.74) is 0.262. The minimum Gasteiger partial charge on any atom is -0.497 e. The van der Waals surface area contributed by atoms with Crippen LogP contribution in [0.4, 0.5) is 10.5 Å². The number of carbonyl (C=O) groups excluding carboxylic acids is 2. The second kappa shape index (κ2) is 13.6. The Labute approximate surface area is 248 Å². The van der Waals surface area contributed by atoms with E-state index in [1.165, 1.54) is 31.7 Å². The number of fused-ring (bicyclic) bond motifs is 1. The van der Waals surface area contributed by atoms with Gasteiger partial charge in [0.2, 0.25) is 0 Å². The van der Waals surface area contributed by atoms with Gasteiger partial charge in [-0.25, -0.2) is 13.2 Å². The first-order chi connectivity index (χ1) is 20.0. The second-order valence-electron chi connectivity index (χ2n) is 11.3. The zero-order valence-electron chi connectivity index (χ0n) is 24.7. The Morgan fingerprint density at radius 3 is 2.50 bits per heavy atom. The topological polar surface area (TPSA) is 138 Å². The summed E-state index contributed by atoms with van der Waals surface area (Å²) < 4.78 is 40.9. The van der Waals surface area contributed by atoms with E-state index in [0.717, 1.165) is 25.7 Å². The molecule has 1 aliphatic carbocycles. The molecule has 11 nitrogen and oxygen atoms in total. The fourth-order valence-corrected chi connectivity index (χ4v) is 6.45. The molecule has 12 heteroatoms. The Morgan fingerprint density at radius 1 is 1.17 bits per heavy atom. The Balaban J connectivity index is 1.66. The lowest BCUT2D eigenvalue weighted by molar-refractivity contribution is 0.0368. The molecule has 4 rings (SSSR count). The molecule has 3 atom stereocenters. The number of carbonyl (C=O) groups is 2. The van der Waals surface area contributed by atoms with Gasteiger partial charge in [0.25, 0.3) is 15.9 Å². The largest absolute Gasteiger partial charge is 0.497 e. The van der Waals surface area contributed by atoms with Crippen molar-refractivity contribution in [1.29, 1.82) is 0 Å². The van der Waals surface area contributed by atoms with Crippen molar-refractivity contribution in [1.82, 2.24) is 15.1 Å². The molecule has 0 saturated heterocycles. The molecule has 0 radical (unpaired) electrons. The molecule has 230 valence electrons. The molecule has 1 heterocycles. The predicted octanol–water partition coefficient (Wildman–Crippen LogP) is 3.69. The van der Waals surface area contributed by atoms with E-state index in [2.05, 4.69) is 10.0 Å². The first-order valence-corrected chi connectivity index (χ1v) is 15.9. The summed E-state index contributed by atoms with van der Waals surface area (Å²) in [6, 6.07) is 10.1. The number of likely N-dealkylation sites (N-methyl/N-ethyl adjacent to an activating group) is 1. The van der Waals surface area contributed by atoms with E-state index in [9.17, 15) is 23.1 Å². The molecule has 0 unspecified atom stereocenters. The number of ether oxygens (including phenoxy) is 2. The molecular weight excluding hydrogens is 560 g/mol. The third kappa shape index (κ3) is 7.27. The van der Waals surface area contributed by atoms with Crippen molar-refractivity contribution in [3.8, 4) is 11.5 Å². The molecule has 2 aliphatic rings. The Kier molecular flexibility index (Phi) is 10.2. The summed E-state index contributed by atoms with van der Waals surface area (Å²) in [6.07, 6.45) is 4.70. The highest BCUT2D eigenvalue weighted by Gasteiger charge is 2.35. The van der Waals surface area contributed by atoms with Crippen LogP contribution < -0.4 is 19.5 Å². The summed E-state index contributed by atoms with van der Waals surface area (Å²) in [6.45, 7) is 3.91. The standard InChI is InChI=1S/C30H42N4O7S/c1-20-17-34(21(2)19-35)29(36)25-11-8-12-26(32-42(38,39)24-15-13-23(40-4)14-16-24)28(25)41-27(20)18-33(3)30(37)31-22-9-6-5-7-10-22/h8,11-16,20-22,27,32,35H,5-7,9-10,17-19H2,1-4H3,(H,31,37)/t20-,21+,27-/m0/s1. The van der Waals surface area contributed by atoms with Crippen molar-refractivity contribution in [2.75, 3.05) is 38.6 Å². The number of hydrogen-bond donors (Lipinski definition) is 3. The van der Waals surface area contributed by atoms with Gasteiger partial charge in [0.15, 0.2) is 5.75 Å². The van der Waals surface area contributed by atoms with E-state index in [1.807, 2.05) is 6.92 Å². The maximum Gasteiger partial charge on any atom is 0.317 e. The summed E-state index contributed by atoms with van der Waals surface area (Å²) in [5.74, 6) is -0.0512. The van der Waals surface area contributed by atoms with Gasteiger partial charge in [0.05, 0.1) is 42.4 Å². The van der Waals surface area contributed by atoms with Crippen molar-refractivity contribution >= 4 is 27.6 Å². The molecule has 1 aliphatic heterocycles. The van der Waals surface area contributed by atoms with Gasteiger partial charge >= 0.3 is 6.03 Å². The minimum atomic E-state index is -4.05. The van der Waals surface area contributed by atoms with E-state index in [1.54, 1.807) is 48.0 Å². The zero-order valence-corrected chi connectivity index (χ0v) is 25.5. The van der Waals surface area contributed by atoms with Crippen LogP contribution in [0.3, 0.4) is 0 Å². The van der Waals surface area contributed by atoms with E-state index in [4.69, 9.17) is 9.47 Å². The molecule has 1 fully saturated rings. The number of aliphatic hydroxyl groups excluding tert-OH is 1. The molecular formula is C30H42N4O7S. The van der Waals surface area contributed by atoms with Crippen LogP contribution in [0, 0.1) is 5.92 Å². The smallest absolute Gasteiger partial charge is 0.317 e. The number of rotatable bonds is 9. The Hall–Kier alpha value is -3.51. The molecule has 2 aromatic carbocycles. The number of para-hydroxylation sites is 1. The number of benzene rings is 2. The number of sulfonamides is 1. The Bertz CT molecular complexity index is 1350. The highest BCUT2D eigenvalue weighted by atomic mass is 32.2. The maximum atomic E-state index is 13.7. The number of anilines is 1. The van der Waals surface area contributed by atoms with E-state index >= 15 is 0 Å². The van der Waals surface area contributed by atoms with Gasteiger partial charge in [0.1, 0.15) is 11.9 Å². The van der Waals surface area contributed by atoms with Crippen molar-refractivity contribution in [3.63, 3.8) is 0 Å². The molecule has 0 aromatic heterocycles. The SMILES string of the molecule is COc1ccc(S(=O)(=O)Nc2cccc3c2O[C@@H](CN(C)C(=O)NC2CCCCC2)[C@@H](C)CN([C@H](C)CO)C3=O)cc1. The monoisotopic (exact) mass is 602 g/mol. The van der Waals surface area contributed by atoms with Gasteiger partial charge < -0.3 is 29.7 Å². The van der Waals surface area contributed by atoms with Crippen LogP contribution in [0.5, 0.6) is 11.5 Å². The molecule has 3 N–H and O–H groups in total. The zero-order chi connectivity index (χ0) is 30.4. The maximum absolute atomic E-state index is 13.7. The van der Waals surface area contributed by atoms with Crippen molar-refractivity contribution < 1.29 is 32.6 Å². The van der Waals surface area contributed by atoms with Gasteiger partial charge in [-0.1, -0.05) is 32.3 Å². The number of urea groups is 1. The molecule has 1 saturated carbocycles. The van der Waals surface area contributed by atoms with E-state index in [-0.39, 0.29) is 65.5 Å². The van der Waals surface area contributed by atoms with Crippen LogP contribution in [0.2, 0.25) is 0 Å². The van der Waals surface area contributed by atoms with E-state index < -0.39 is 22.2 Å². The van der Waals surface area contributed by atoms with E-state index in [0.29, 0.717) is 5.75 Å². The summed E-state index contributed by atoms with van der Waals surface area (Å²) in [4.78, 5) is 30.0. The van der Waals surface area contributed by atoms with Crippen LogP contribution in [0.1, 0.15) is 56.3 Å². The lowest BCUT2D eigenvalue weighted by atomic mass is 9.96. The van der Waals surface area contributed by atoms with Crippen LogP contribution in [0.15, 0.2) is 47.4 Å². The molecule has 2 aromatic rings. The molecule has 3 amide bonds. The van der Waals surface area contributed by atoms with Crippen molar-refractivity contribution in [2.45, 2.75) is 69.0 Å². The van der Waals surface area contributed by atoms with Crippen LogP contribution in [-0.4, -0.2) is 87.3 Å². The first kappa shape index (κ1) is 31.4. The number of nitrogens with one attached hydrogen (secondary N) is 2. The fourth-order valence-electron chi connectivity index (χ4n) is 5.38. The lowest BCUT2D eigenvalue weighted by Crippen LogP contribution is -2.52. The third-order valence-corrected chi connectivity index (χ3v) is 9.42. The molecule has 0 bridgehead atoms. The normalized spacial score (nSPS) is 20.4. The quantitative estimate of drug-likeness (QED) is 0.398. The fraction of sp³-hybridized carbons (Fsp3) is 0.533. The average Bonchev–Trinajstić information content (AvgIpc) is 2.99. The van der Waals surface area contributed by atoms with Gasteiger partial charge in [-0.3, -0.25) is 9.52 Å². The highest BCUT2D eigenvalue weighted by molar-refractivity contribution is 7.92. The van der Waals surface area contributed by atoms with Crippen molar-refractivity contribution in [2.24, 2.45) is 5.92 Å². The van der Waals surface area contributed by atoms with Gasteiger partial charge in [0, 0.05) is 25.6 Å². The van der Waals surface area contributed by atoms with Gasteiger partial charge in [-0.2, -0.15) is 0 Å². The predicted molar refractivity (Wildman–Crippen MR) is 159 cm³/mol. The summed E-state index contributed by atoms with van der Waals surface area (Å²) in [5, 5.41) is 13.0.